The quantitative estimate of drug-likeness (QED) is 0.763. The summed E-state index contributed by atoms with van der Waals surface area (Å²) in [4.78, 5) is 11.2. The van der Waals surface area contributed by atoms with Gasteiger partial charge in [-0.3, -0.25) is 4.79 Å². The van der Waals surface area contributed by atoms with Crippen LogP contribution in [0.3, 0.4) is 0 Å². The van der Waals surface area contributed by atoms with Gasteiger partial charge in [0.2, 0.25) is 5.91 Å². The normalized spacial score (nSPS) is 17.1. The molecule has 2 heteroatoms. The van der Waals surface area contributed by atoms with Gasteiger partial charge < -0.3 is 5.73 Å². The topological polar surface area (TPSA) is 43.1 Å². The lowest BCUT2D eigenvalue weighted by Gasteiger charge is -2.12. The Labute approximate surface area is 84.1 Å². The molecule has 1 aromatic rings. The molecule has 1 aliphatic carbocycles. The Balaban J connectivity index is 2.35. The summed E-state index contributed by atoms with van der Waals surface area (Å²) in [6.45, 7) is 0. The second kappa shape index (κ2) is 3.82. The minimum atomic E-state index is -0.299. The molecule has 2 nitrogen and oxygen atoms in total. The molecular formula is C12H15NO. The van der Waals surface area contributed by atoms with Gasteiger partial charge in [0.1, 0.15) is 0 Å². The van der Waals surface area contributed by atoms with Crippen LogP contribution in [0, 0.1) is 0 Å². The first-order chi connectivity index (χ1) is 6.79. The van der Waals surface area contributed by atoms with E-state index in [0.717, 1.165) is 5.56 Å². The summed E-state index contributed by atoms with van der Waals surface area (Å²) in [6, 6.07) is 7.73. The summed E-state index contributed by atoms with van der Waals surface area (Å²) in [5, 5.41) is 0. The number of nitrogens with two attached hydrogens (primary N) is 1. The number of rotatable bonds is 2. The van der Waals surface area contributed by atoms with Gasteiger partial charge in [0.15, 0.2) is 0 Å². The molecule has 0 heterocycles. The van der Waals surface area contributed by atoms with Crippen molar-refractivity contribution in [2.45, 2.75) is 31.6 Å². The molecule has 1 amide bonds. The molecule has 0 atom stereocenters. The van der Waals surface area contributed by atoms with Crippen LogP contribution in [0.25, 0.3) is 0 Å². The fraction of sp³-hybridized carbons (Fsp3) is 0.417. The van der Waals surface area contributed by atoms with E-state index in [1.165, 1.54) is 25.7 Å². The van der Waals surface area contributed by atoms with Crippen molar-refractivity contribution < 1.29 is 4.79 Å². The highest BCUT2D eigenvalue weighted by atomic mass is 16.1. The standard InChI is InChI=1S/C12H15NO/c13-12(14)11-8-4-3-7-10(11)9-5-1-2-6-9/h3-4,7-9H,1-2,5-6H2,(H2,13,14). The predicted octanol–water partition coefficient (Wildman–Crippen LogP) is 2.44. The van der Waals surface area contributed by atoms with Crippen LogP contribution in [0.4, 0.5) is 0 Å². The highest BCUT2D eigenvalue weighted by molar-refractivity contribution is 5.94. The molecule has 0 spiro atoms. The SMILES string of the molecule is NC(=O)c1ccccc1C1CCCC1. The van der Waals surface area contributed by atoms with E-state index < -0.39 is 0 Å². The van der Waals surface area contributed by atoms with Crippen molar-refractivity contribution in [3.8, 4) is 0 Å². The van der Waals surface area contributed by atoms with Gasteiger partial charge in [-0.2, -0.15) is 0 Å². The number of carbonyl (C=O) groups is 1. The van der Waals surface area contributed by atoms with Crippen molar-refractivity contribution in [1.29, 1.82) is 0 Å². The molecule has 74 valence electrons. The minimum absolute atomic E-state index is 0.299. The minimum Gasteiger partial charge on any atom is -0.366 e. The second-order valence-electron chi connectivity index (χ2n) is 3.93. The van der Waals surface area contributed by atoms with Crippen molar-refractivity contribution in [2.24, 2.45) is 5.73 Å². The molecule has 2 N–H and O–H groups in total. The summed E-state index contributed by atoms with van der Waals surface area (Å²) in [6.07, 6.45) is 4.95. The lowest BCUT2D eigenvalue weighted by molar-refractivity contribution is 0.0999. The van der Waals surface area contributed by atoms with E-state index >= 15 is 0 Å². The first kappa shape index (κ1) is 9.25. The van der Waals surface area contributed by atoms with Gasteiger partial charge in [-0.05, 0) is 30.4 Å². The van der Waals surface area contributed by atoms with Crippen molar-refractivity contribution in [3.05, 3.63) is 35.4 Å². The molecule has 1 aromatic carbocycles. The largest absolute Gasteiger partial charge is 0.366 e. The number of primary amides is 1. The zero-order valence-electron chi connectivity index (χ0n) is 8.20. The molecule has 0 saturated heterocycles. The lowest BCUT2D eigenvalue weighted by atomic mass is 9.93. The molecule has 0 bridgehead atoms. The van der Waals surface area contributed by atoms with E-state index in [1.807, 2.05) is 24.3 Å². The number of carbonyl (C=O) groups excluding carboxylic acids is 1. The third-order valence-corrected chi connectivity index (χ3v) is 3.02. The fourth-order valence-corrected chi connectivity index (χ4v) is 2.31. The third kappa shape index (κ3) is 1.65. The van der Waals surface area contributed by atoms with Gasteiger partial charge in [-0.15, -0.1) is 0 Å². The number of benzene rings is 1. The summed E-state index contributed by atoms with van der Waals surface area (Å²) < 4.78 is 0. The van der Waals surface area contributed by atoms with E-state index in [0.29, 0.717) is 11.5 Å². The summed E-state index contributed by atoms with van der Waals surface area (Å²) in [7, 11) is 0. The van der Waals surface area contributed by atoms with Gasteiger partial charge in [0.25, 0.3) is 0 Å². The molecule has 1 saturated carbocycles. The van der Waals surface area contributed by atoms with Crippen LogP contribution in [0.2, 0.25) is 0 Å². The Morgan fingerprint density at radius 1 is 1.21 bits per heavy atom. The number of amides is 1. The van der Waals surface area contributed by atoms with Gasteiger partial charge in [0.05, 0.1) is 0 Å². The molecule has 0 aromatic heterocycles. The Morgan fingerprint density at radius 3 is 2.50 bits per heavy atom. The summed E-state index contributed by atoms with van der Waals surface area (Å²) >= 11 is 0. The average molecular weight is 189 g/mol. The van der Waals surface area contributed by atoms with Crippen LogP contribution in [0.5, 0.6) is 0 Å². The Hall–Kier alpha value is -1.31. The zero-order chi connectivity index (χ0) is 9.97. The Bertz CT molecular complexity index is 340. The highest BCUT2D eigenvalue weighted by Crippen LogP contribution is 2.35. The van der Waals surface area contributed by atoms with Crippen LogP contribution >= 0.6 is 0 Å². The smallest absolute Gasteiger partial charge is 0.248 e. The van der Waals surface area contributed by atoms with Crippen molar-refractivity contribution in [1.82, 2.24) is 0 Å². The van der Waals surface area contributed by atoms with Crippen LogP contribution in [0.15, 0.2) is 24.3 Å². The first-order valence-corrected chi connectivity index (χ1v) is 5.18. The van der Waals surface area contributed by atoms with Crippen LogP contribution in [-0.2, 0) is 0 Å². The van der Waals surface area contributed by atoms with E-state index in [-0.39, 0.29) is 5.91 Å². The van der Waals surface area contributed by atoms with E-state index in [1.54, 1.807) is 0 Å². The van der Waals surface area contributed by atoms with Gasteiger partial charge in [-0.1, -0.05) is 31.0 Å². The predicted molar refractivity (Wildman–Crippen MR) is 56.2 cm³/mol. The van der Waals surface area contributed by atoms with E-state index in [9.17, 15) is 4.79 Å². The van der Waals surface area contributed by atoms with E-state index in [2.05, 4.69) is 0 Å². The van der Waals surface area contributed by atoms with Crippen molar-refractivity contribution in [3.63, 3.8) is 0 Å². The molecule has 0 radical (unpaired) electrons. The molecular weight excluding hydrogens is 174 g/mol. The molecule has 0 aliphatic heterocycles. The maximum atomic E-state index is 11.2. The number of hydrogen-bond donors (Lipinski definition) is 1. The molecule has 1 aliphatic rings. The van der Waals surface area contributed by atoms with Gasteiger partial charge in [0, 0.05) is 5.56 Å². The van der Waals surface area contributed by atoms with Crippen molar-refractivity contribution >= 4 is 5.91 Å². The van der Waals surface area contributed by atoms with Crippen LogP contribution in [-0.4, -0.2) is 5.91 Å². The lowest BCUT2D eigenvalue weighted by Crippen LogP contribution is -2.14. The maximum Gasteiger partial charge on any atom is 0.248 e. The second-order valence-corrected chi connectivity index (χ2v) is 3.93. The maximum absolute atomic E-state index is 11.2. The summed E-state index contributed by atoms with van der Waals surface area (Å²) in [5.74, 6) is 0.256. The zero-order valence-corrected chi connectivity index (χ0v) is 8.20. The molecule has 1 fully saturated rings. The highest BCUT2D eigenvalue weighted by Gasteiger charge is 2.20. The molecule has 0 unspecified atom stereocenters. The Morgan fingerprint density at radius 2 is 1.86 bits per heavy atom. The average Bonchev–Trinajstić information content (AvgIpc) is 2.70. The molecule has 14 heavy (non-hydrogen) atoms. The van der Waals surface area contributed by atoms with E-state index in [4.69, 9.17) is 5.73 Å². The third-order valence-electron chi connectivity index (χ3n) is 3.02. The fourth-order valence-electron chi connectivity index (χ4n) is 2.31. The first-order valence-electron chi connectivity index (χ1n) is 5.18. The van der Waals surface area contributed by atoms with Crippen LogP contribution < -0.4 is 5.73 Å². The monoisotopic (exact) mass is 189 g/mol. The Kier molecular flexibility index (Phi) is 2.53. The van der Waals surface area contributed by atoms with Crippen LogP contribution in [0.1, 0.15) is 47.5 Å². The number of hydrogen-bond acceptors (Lipinski definition) is 1. The van der Waals surface area contributed by atoms with Gasteiger partial charge >= 0.3 is 0 Å². The van der Waals surface area contributed by atoms with Gasteiger partial charge in [-0.25, -0.2) is 0 Å². The summed E-state index contributed by atoms with van der Waals surface area (Å²) in [5.41, 5.74) is 7.20. The molecule has 2 rings (SSSR count). The van der Waals surface area contributed by atoms with Crippen molar-refractivity contribution in [2.75, 3.05) is 0 Å².